The zero-order valence-corrected chi connectivity index (χ0v) is 18.9. The van der Waals surface area contributed by atoms with Crippen LogP contribution in [0.1, 0.15) is 17.0 Å². The largest absolute Gasteiger partial charge is 0.496 e. The van der Waals surface area contributed by atoms with Gasteiger partial charge in [0.25, 0.3) is 17.5 Å². The molecule has 0 spiro atoms. The fourth-order valence-electron chi connectivity index (χ4n) is 3.93. The minimum atomic E-state index is -0.998. The van der Waals surface area contributed by atoms with Gasteiger partial charge in [0.2, 0.25) is 0 Å². The number of halogens is 1. The minimum Gasteiger partial charge on any atom is -0.496 e. The summed E-state index contributed by atoms with van der Waals surface area (Å²) in [6, 6.07) is 9.93. The highest BCUT2D eigenvalue weighted by atomic mass is 19.1. The number of methoxy groups -OCH3 is 1. The van der Waals surface area contributed by atoms with Crippen molar-refractivity contribution < 1.29 is 28.4 Å². The number of urea groups is 1. The smallest absolute Gasteiger partial charge is 0.335 e. The van der Waals surface area contributed by atoms with Crippen LogP contribution in [0, 0.1) is 29.8 Å². The average molecular weight is 478 g/mol. The number of carbonyl (C=O) groups excluding carboxylic acids is 3. The molecule has 2 heterocycles. The molecule has 1 N–H and O–H groups in total. The Morgan fingerprint density at radius 3 is 2.49 bits per heavy atom. The summed E-state index contributed by atoms with van der Waals surface area (Å²) in [7, 11) is 1.40. The van der Waals surface area contributed by atoms with Crippen molar-refractivity contribution >= 4 is 35.3 Å². The van der Waals surface area contributed by atoms with Gasteiger partial charge in [-0.1, -0.05) is 6.07 Å². The maximum absolute atomic E-state index is 13.7. The van der Waals surface area contributed by atoms with Crippen LogP contribution < -0.4 is 15.0 Å². The number of rotatable bonds is 5. The first kappa shape index (κ1) is 23.4. The number of hydrogen-bond donors (Lipinski definition) is 1. The van der Waals surface area contributed by atoms with Crippen LogP contribution in [0.5, 0.6) is 5.75 Å². The van der Waals surface area contributed by atoms with Crippen LogP contribution in [0.4, 0.5) is 20.6 Å². The van der Waals surface area contributed by atoms with Crippen LogP contribution in [0.2, 0.25) is 0 Å². The maximum Gasteiger partial charge on any atom is 0.335 e. The third kappa shape index (κ3) is 4.14. The first-order valence-corrected chi connectivity index (χ1v) is 10.3. The predicted molar refractivity (Wildman–Crippen MR) is 124 cm³/mol. The molecule has 4 rings (SSSR count). The summed E-state index contributed by atoms with van der Waals surface area (Å²) in [5.74, 6) is -2.18. The van der Waals surface area contributed by atoms with Gasteiger partial charge in [0.15, 0.2) is 0 Å². The van der Waals surface area contributed by atoms with Gasteiger partial charge in [-0.3, -0.25) is 25.0 Å². The molecule has 3 aromatic rings. The summed E-state index contributed by atoms with van der Waals surface area (Å²) in [6.45, 7) is 3.39. The van der Waals surface area contributed by atoms with E-state index in [9.17, 15) is 28.9 Å². The number of amides is 4. The second-order valence-corrected chi connectivity index (χ2v) is 7.71. The lowest BCUT2D eigenvalue weighted by Crippen LogP contribution is -2.54. The number of barbiturate groups is 1. The van der Waals surface area contributed by atoms with Gasteiger partial charge in [0.05, 0.1) is 23.8 Å². The molecule has 10 nitrogen and oxygen atoms in total. The molecular weight excluding hydrogens is 459 g/mol. The first-order chi connectivity index (χ1) is 16.6. The van der Waals surface area contributed by atoms with E-state index in [1.807, 2.05) is 0 Å². The normalized spacial score (nSPS) is 14.9. The molecular formula is C24H19FN4O6. The Kier molecular flexibility index (Phi) is 5.91. The summed E-state index contributed by atoms with van der Waals surface area (Å²) in [5.41, 5.74) is 1.23. The van der Waals surface area contributed by atoms with E-state index in [1.54, 1.807) is 30.5 Å². The molecule has 0 bridgehead atoms. The number of nitrogens with zero attached hydrogens (tertiary/aromatic N) is 3. The van der Waals surface area contributed by atoms with Crippen molar-refractivity contribution in [2.24, 2.45) is 0 Å². The number of hydrogen-bond acceptors (Lipinski definition) is 6. The molecule has 0 radical (unpaired) electrons. The Morgan fingerprint density at radius 1 is 1.09 bits per heavy atom. The molecule has 178 valence electrons. The van der Waals surface area contributed by atoms with Gasteiger partial charge in [-0.05, 0) is 61.9 Å². The molecule has 1 aliphatic rings. The number of aromatic nitrogens is 1. The summed E-state index contributed by atoms with van der Waals surface area (Å²) < 4.78 is 20.4. The Labute approximate surface area is 198 Å². The van der Waals surface area contributed by atoms with Crippen LogP contribution in [-0.4, -0.2) is 34.4 Å². The van der Waals surface area contributed by atoms with Gasteiger partial charge < -0.3 is 9.30 Å². The summed E-state index contributed by atoms with van der Waals surface area (Å²) >= 11 is 0. The van der Waals surface area contributed by atoms with Gasteiger partial charge in [-0.15, -0.1) is 0 Å². The fraction of sp³-hybridized carbons (Fsp3) is 0.125. The number of aryl methyl sites for hydroxylation is 1. The zero-order valence-electron chi connectivity index (χ0n) is 18.9. The third-order valence-corrected chi connectivity index (χ3v) is 5.56. The molecule has 11 heteroatoms. The Bertz CT molecular complexity index is 1440. The van der Waals surface area contributed by atoms with Gasteiger partial charge >= 0.3 is 6.03 Å². The SMILES string of the molecule is COc1ccc(-n2c(C)cc(/C=C3\C(=O)NC(=O)N(c4cccc(F)c4)C3=O)c2C)c([N+](=O)[O-])c1. The molecule has 0 aliphatic carbocycles. The van der Waals surface area contributed by atoms with Crippen LogP contribution in [-0.2, 0) is 9.59 Å². The molecule has 2 aromatic carbocycles. The van der Waals surface area contributed by atoms with E-state index in [1.165, 1.54) is 37.5 Å². The molecule has 1 saturated heterocycles. The second kappa shape index (κ2) is 8.86. The van der Waals surface area contributed by atoms with E-state index in [0.717, 1.165) is 12.1 Å². The van der Waals surface area contributed by atoms with Crippen molar-refractivity contribution in [1.82, 2.24) is 9.88 Å². The maximum atomic E-state index is 13.7. The van der Waals surface area contributed by atoms with Gasteiger partial charge in [-0.2, -0.15) is 0 Å². The average Bonchev–Trinajstić information content (AvgIpc) is 3.08. The van der Waals surface area contributed by atoms with Crippen molar-refractivity contribution in [1.29, 1.82) is 0 Å². The molecule has 1 fully saturated rings. The number of imide groups is 2. The fourth-order valence-corrected chi connectivity index (χ4v) is 3.93. The number of anilines is 1. The highest BCUT2D eigenvalue weighted by Crippen LogP contribution is 2.32. The Morgan fingerprint density at radius 2 is 1.83 bits per heavy atom. The molecule has 4 amide bonds. The molecule has 0 atom stereocenters. The number of carbonyl (C=O) groups is 3. The van der Waals surface area contributed by atoms with Gasteiger partial charge in [0, 0.05) is 11.4 Å². The number of nitrogens with one attached hydrogen (secondary N) is 1. The van der Waals surface area contributed by atoms with E-state index < -0.39 is 28.6 Å². The molecule has 0 unspecified atom stereocenters. The van der Waals surface area contributed by atoms with Crippen molar-refractivity contribution in [2.45, 2.75) is 13.8 Å². The summed E-state index contributed by atoms with van der Waals surface area (Å²) in [5, 5.41) is 13.8. The number of nitro groups is 1. The second-order valence-electron chi connectivity index (χ2n) is 7.71. The van der Waals surface area contributed by atoms with Crippen molar-refractivity contribution in [2.75, 3.05) is 12.0 Å². The Hall–Kier alpha value is -4.80. The van der Waals surface area contributed by atoms with Crippen LogP contribution >= 0.6 is 0 Å². The highest BCUT2D eigenvalue weighted by molar-refractivity contribution is 6.39. The van der Waals surface area contributed by atoms with E-state index in [4.69, 9.17) is 4.74 Å². The lowest BCUT2D eigenvalue weighted by molar-refractivity contribution is -0.384. The number of ether oxygens (including phenoxy) is 1. The first-order valence-electron chi connectivity index (χ1n) is 10.3. The van der Waals surface area contributed by atoms with Crippen molar-refractivity contribution in [3.05, 3.63) is 87.0 Å². The van der Waals surface area contributed by atoms with E-state index in [2.05, 4.69) is 5.32 Å². The topological polar surface area (TPSA) is 124 Å². The molecule has 35 heavy (non-hydrogen) atoms. The number of nitro benzene ring substituents is 1. The molecule has 1 aromatic heterocycles. The summed E-state index contributed by atoms with van der Waals surface area (Å²) in [6.07, 6.45) is 1.30. The molecule has 0 saturated carbocycles. The van der Waals surface area contributed by atoms with Crippen molar-refractivity contribution in [3.63, 3.8) is 0 Å². The van der Waals surface area contributed by atoms with E-state index >= 15 is 0 Å². The lowest BCUT2D eigenvalue weighted by Gasteiger charge is -2.26. The minimum absolute atomic E-state index is 0.0368. The van der Waals surface area contributed by atoms with Crippen LogP contribution in [0.15, 0.2) is 54.1 Å². The van der Waals surface area contributed by atoms with E-state index in [0.29, 0.717) is 27.6 Å². The third-order valence-electron chi connectivity index (χ3n) is 5.56. The zero-order chi connectivity index (χ0) is 25.4. The summed E-state index contributed by atoms with van der Waals surface area (Å²) in [4.78, 5) is 49.8. The predicted octanol–water partition coefficient (Wildman–Crippen LogP) is 3.82. The number of benzene rings is 2. The van der Waals surface area contributed by atoms with Gasteiger partial charge in [-0.25, -0.2) is 14.1 Å². The Balaban J connectivity index is 1.80. The molecule has 1 aliphatic heterocycles. The lowest BCUT2D eigenvalue weighted by atomic mass is 10.1. The van der Waals surface area contributed by atoms with Crippen LogP contribution in [0.25, 0.3) is 11.8 Å². The quantitative estimate of drug-likeness (QED) is 0.257. The van der Waals surface area contributed by atoms with Crippen molar-refractivity contribution in [3.8, 4) is 11.4 Å². The van der Waals surface area contributed by atoms with Crippen LogP contribution in [0.3, 0.4) is 0 Å². The standard InChI is InChI=1S/C24H19FN4O6/c1-13-9-15(14(2)27(13)20-8-7-18(35-3)12-21(20)29(33)34)10-19-22(30)26-24(32)28(23(19)31)17-6-4-5-16(25)11-17/h4-12H,1-3H3,(H,26,30,32)/b19-10+. The highest BCUT2D eigenvalue weighted by Gasteiger charge is 2.37. The van der Waals surface area contributed by atoms with Gasteiger partial charge in [0.1, 0.15) is 22.8 Å². The van der Waals surface area contributed by atoms with E-state index in [-0.39, 0.29) is 22.6 Å². The monoisotopic (exact) mass is 478 g/mol.